The molecule has 1 amide bonds. The first kappa shape index (κ1) is 16.1. The first-order valence-corrected chi connectivity index (χ1v) is 6.05. The van der Waals surface area contributed by atoms with Crippen molar-refractivity contribution in [3.05, 3.63) is 42.0 Å². The van der Waals surface area contributed by atoms with E-state index in [0.717, 1.165) is 0 Å². The van der Waals surface area contributed by atoms with E-state index >= 15 is 0 Å². The third-order valence-electron chi connectivity index (χ3n) is 2.68. The molecule has 2 aromatic rings. The van der Waals surface area contributed by atoms with Crippen LogP contribution in [-0.2, 0) is 6.42 Å². The number of likely N-dealkylation sites (N-methyl/N-ethyl adjacent to an activating group) is 1. The van der Waals surface area contributed by atoms with Crippen LogP contribution in [0, 0.1) is 0 Å². The van der Waals surface area contributed by atoms with Gasteiger partial charge in [-0.2, -0.15) is 4.98 Å². The lowest BCUT2D eigenvalue weighted by Gasteiger charge is -2.04. The topological polar surface area (TPSA) is 80.0 Å². The fraction of sp³-hybridized carbons (Fsp3) is 0.308. The molecule has 108 valence electrons. The summed E-state index contributed by atoms with van der Waals surface area (Å²) in [6.45, 7) is 2.00. The number of halogens is 1. The standard InChI is InChI=1S/C13H16N4O2.ClH/c1-9(14-2)8-11-16-13(19-17-11)12(18)15-10-6-4-3-5-7-10;/h3-7,9,14H,8H2,1-2H3,(H,15,18);1H. The molecule has 0 bridgehead atoms. The molecule has 1 heterocycles. The van der Waals surface area contributed by atoms with Crippen LogP contribution >= 0.6 is 12.4 Å². The van der Waals surface area contributed by atoms with Gasteiger partial charge in [-0.15, -0.1) is 12.4 Å². The van der Waals surface area contributed by atoms with E-state index in [1.807, 2.05) is 32.2 Å². The summed E-state index contributed by atoms with van der Waals surface area (Å²) in [5.41, 5.74) is 0.691. The van der Waals surface area contributed by atoms with Gasteiger partial charge in [0.15, 0.2) is 5.82 Å². The van der Waals surface area contributed by atoms with Crippen LogP contribution in [0.2, 0.25) is 0 Å². The number of rotatable bonds is 5. The van der Waals surface area contributed by atoms with E-state index in [1.54, 1.807) is 12.1 Å². The molecule has 0 fully saturated rings. The summed E-state index contributed by atoms with van der Waals surface area (Å²) in [4.78, 5) is 15.9. The smallest absolute Gasteiger partial charge is 0.316 e. The average molecular weight is 297 g/mol. The number of benzene rings is 1. The van der Waals surface area contributed by atoms with E-state index in [4.69, 9.17) is 4.52 Å². The molecule has 0 radical (unpaired) electrons. The van der Waals surface area contributed by atoms with Gasteiger partial charge in [0.05, 0.1) is 0 Å². The Balaban J connectivity index is 0.00000200. The maximum absolute atomic E-state index is 11.9. The number of amides is 1. The van der Waals surface area contributed by atoms with Crippen molar-refractivity contribution in [1.82, 2.24) is 15.5 Å². The largest absolute Gasteiger partial charge is 0.329 e. The lowest BCUT2D eigenvalue weighted by molar-refractivity contribution is 0.0981. The molecule has 0 saturated heterocycles. The number of anilines is 1. The average Bonchev–Trinajstić information content (AvgIpc) is 2.88. The number of para-hydroxylation sites is 1. The number of carbonyl (C=O) groups excluding carboxylic acids is 1. The third kappa shape index (κ3) is 4.32. The highest BCUT2D eigenvalue weighted by atomic mass is 35.5. The van der Waals surface area contributed by atoms with Gasteiger partial charge in [-0.3, -0.25) is 4.79 Å². The fourth-order valence-corrected chi connectivity index (χ4v) is 1.51. The zero-order chi connectivity index (χ0) is 13.7. The zero-order valence-corrected chi connectivity index (χ0v) is 12.1. The van der Waals surface area contributed by atoms with Crippen molar-refractivity contribution in [3.63, 3.8) is 0 Å². The predicted octanol–water partition coefficient (Wildman–Crippen LogP) is 1.89. The molecule has 0 aliphatic heterocycles. The summed E-state index contributed by atoms with van der Waals surface area (Å²) in [7, 11) is 1.85. The molecule has 2 N–H and O–H groups in total. The molecule has 2 rings (SSSR count). The fourth-order valence-electron chi connectivity index (χ4n) is 1.51. The maximum atomic E-state index is 11.9. The molecule has 0 spiro atoms. The highest BCUT2D eigenvalue weighted by Gasteiger charge is 2.16. The van der Waals surface area contributed by atoms with Crippen LogP contribution in [0.1, 0.15) is 23.4 Å². The van der Waals surface area contributed by atoms with Gasteiger partial charge in [0.1, 0.15) is 0 Å². The van der Waals surface area contributed by atoms with Crippen LogP contribution < -0.4 is 10.6 Å². The van der Waals surface area contributed by atoms with E-state index in [2.05, 4.69) is 20.8 Å². The van der Waals surface area contributed by atoms with Crippen molar-refractivity contribution in [1.29, 1.82) is 0 Å². The molecule has 1 atom stereocenters. The van der Waals surface area contributed by atoms with Crippen LogP contribution in [0.15, 0.2) is 34.9 Å². The summed E-state index contributed by atoms with van der Waals surface area (Å²) < 4.78 is 4.94. The quantitative estimate of drug-likeness (QED) is 0.881. The number of carbonyl (C=O) groups is 1. The molecule has 20 heavy (non-hydrogen) atoms. The zero-order valence-electron chi connectivity index (χ0n) is 11.3. The Morgan fingerprint density at radius 3 is 2.70 bits per heavy atom. The van der Waals surface area contributed by atoms with E-state index in [1.165, 1.54) is 0 Å². The van der Waals surface area contributed by atoms with E-state index in [-0.39, 0.29) is 24.3 Å². The number of hydrogen-bond acceptors (Lipinski definition) is 5. The minimum atomic E-state index is -0.401. The van der Waals surface area contributed by atoms with Crippen molar-refractivity contribution in [3.8, 4) is 0 Å². The van der Waals surface area contributed by atoms with Gasteiger partial charge in [0.25, 0.3) is 0 Å². The molecule has 1 aromatic carbocycles. The van der Waals surface area contributed by atoms with Gasteiger partial charge < -0.3 is 15.2 Å². The Morgan fingerprint density at radius 2 is 2.05 bits per heavy atom. The number of hydrogen-bond donors (Lipinski definition) is 2. The first-order chi connectivity index (χ1) is 9.19. The Hall–Kier alpha value is -1.92. The van der Waals surface area contributed by atoms with Crippen LogP contribution in [-0.4, -0.2) is 29.1 Å². The van der Waals surface area contributed by atoms with Gasteiger partial charge in [-0.1, -0.05) is 23.4 Å². The molecule has 0 aliphatic rings. The lowest BCUT2D eigenvalue weighted by Crippen LogP contribution is -2.24. The molecule has 1 aromatic heterocycles. The molecule has 1 unspecified atom stereocenters. The van der Waals surface area contributed by atoms with Crippen LogP contribution in [0.4, 0.5) is 5.69 Å². The second kappa shape index (κ2) is 7.62. The minimum absolute atomic E-state index is 0. The normalized spacial score (nSPS) is 11.5. The van der Waals surface area contributed by atoms with Gasteiger partial charge in [-0.25, -0.2) is 0 Å². The minimum Gasteiger partial charge on any atom is -0.329 e. The number of nitrogens with zero attached hydrogens (tertiary/aromatic N) is 2. The van der Waals surface area contributed by atoms with Crippen molar-refractivity contribution in [2.24, 2.45) is 0 Å². The summed E-state index contributed by atoms with van der Waals surface area (Å²) >= 11 is 0. The van der Waals surface area contributed by atoms with Crippen LogP contribution in [0.5, 0.6) is 0 Å². The van der Waals surface area contributed by atoms with Crippen molar-refractivity contribution >= 4 is 24.0 Å². The number of nitrogens with one attached hydrogen (secondary N) is 2. The summed E-state index contributed by atoms with van der Waals surface area (Å²) in [5.74, 6) is 0.0873. The van der Waals surface area contributed by atoms with Gasteiger partial charge in [0, 0.05) is 18.2 Å². The van der Waals surface area contributed by atoms with E-state index in [9.17, 15) is 4.79 Å². The highest BCUT2D eigenvalue weighted by Crippen LogP contribution is 2.08. The second-order valence-corrected chi connectivity index (χ2v) is 4.23. The van der Waals surface area contributed by atoms with Gasteiger partial charge >= 0.3 is 11.8 Å². The Labute approximate surface area is 123 Å². The SMILES string of the molecule is CNC(C)Cc1noc(C(=O)Nc2ccccc2)n1.Cl. The maximum Gasteiger partial charge on any atom is 0.316 e. The van der Waals surface area contributed by atoms with Gasteiger partial charge in [0.2, 0.25) is 0 Å². The summed E-state index contributed by atoms with van der Waals surface area (Å²) in [5, 5.41) is 9.54. The van der Waals surface area contributed by atoms with E-state index < -0.39 is 5.91 Å². The Bertz CT molecular complexity index is 544. The summed E-state index contributed by atoms with van der Waals surface area (Å²) in [6, 6.07) is 9.35. The monoisotopic (exact) mass is 296 g/mol. The predicted molar refractivity (Wildman–Crippen MR) is 78.2 cm³/mol. The molecule has 0 saturated carbocycles. The van der Waals surface area contributed by atoms with Crippen molar-refractivity contribution in [2.75, 3.05) is 12.4 Å². The summed E-state index contributed by atoms with van der Waals surface area (Å²) in [6.07, 6.45) is 0.610. The third-order valence-corrected chi connectivity index (χ3v) is 2.68. The Kier molecular flexibility index (Phi) is 6.14. The van der Waals surface area contributed by atoms with Crippen LogP contribution in [0.3, 0.4) is 0 Å². The molecular weight excluding hydrogens is 280 g/mol. The van der Waals surface area contributed by atoms with Crippen molar-refractivity contribution in [2.45, 2.75) is 19.4 Å². The van der Waals surface area contributed by atoms with Gasteiger partial charge in [-0.05, 0) is 26.1 Å². The van der Waals surface area contributed by atoms with E-state index in [0.29, 0.717) is 17.9 Å². The highest BCUT2D eigenvalue weighted by molar-refractivity contribution is 6.00. The molecule has 7 heteroatoms. The molecule has 0 aliphatic carbocycles. The van der Waals surface area contributed by atoms with Crippen LogP contribution in [0.25, 0.3) is 0 Å². The molecular formula is C13H17ClN4O2. The lowest BCUT2D eigenvalue weighted by atomic mass is 10.2. The Morgan fingerprint density at radius 1 is 1.35 bits per heavy atom. The van der Waals surface area contributed by atoms with Crippen molar-refractivity contribution < 1.29 is 9.32 Å². The first-order valence-electron chi connectivity index (χ1n) is 6.05. The molecule has 6 nitrogen and oxygen atoms in total. The number of aromatic nitrogens is 2. The second-order valence-electron chi connectivity index (χ2n) is 4.23.